The van der Waals surface area contributed by atoms with Crippen LogP contribution in [-0.2, 0) is 4.79 Å². The van der Waals surface area contributed by atoms with Gasteiger partial charge in [-0.15, -0.1) is 11.3 Å². The van der Waals surface area contributed by atoms with Gasteiger partial charge in [-0.25, -0.2) is 4.99 Å². The lowest BCUT2D eigenvalue weighted by Gasteiger charge is -2.34. The minimum atomic E-state index is -0.0171. The topological polar surface area (TPSA) is 35.9 Å². The molecule has 1 aromatic heterocycles. The number of hydrogen-bond acceptors (Lipinski definition) is 5. The van der Waals surface area contributed by atoms with Gasteiger partial charge >= 0.3 is 0 Å². The van der Waals surface area contributed by atoms with Gasteiger partial charge in [0.05, 0.1) is 5.88 Å². The van der Waals surface area contributed by atoms with E-state index in [4.69, 9.17) is 0 Å². The first kappa shape index (κ1) is 13.6. The fourth-order valence-corrected chi connectivity index (χ4v) is 4.03. The molecule has 6 heteroatoms. The van der Waals surface area contributed by atoms with Gasteiger partial charge in [-0.1, -0.05) is 36.0 Å². The van der Waals surface area contributed by atoms with E-state index in [0.717, 1.165) is 21.6 Å². The summed E-state index contributed by atoms with van der Waals surface area (Å²) in [7, 11) is 0. The van der Waals surface area contributed by atoms with Crippen molar-refractivity contribution in [3.8, 4) is 0 Å². The van der Waals surface area contributed by atoms with E-state index >= 15 is 0 Å². The van der Waals surface area contributed by atoms with Crippen LogP contribution in [0.25, 0.3) is 6.08 Å². The number of nitrogens with zero attached hydrogens (tertiary/aromatic N) is 3. The number of fused-ring (bicyclic) bond motifs is 1. The van der Waals surface area contributed by atoms with Crippen LogP contribution >= 0.6 is 23.1 Å². The van der Waals surface area contributed by atoms with E-state index in [-0.39, 0.29) is 5.91 Å². The van der Waals surface area contributed by atoms with Crippen molar-refractivity contribution in [3.05, 3.63) is 58.4 Å². The summed E-state index contributed by atoms with van der Waals surface area (Å²) in [4.78, 5) is 22.0. The summed E-state index contributed by atoms with van der Waals surface area (Å²) in [5, 5.41) is 2.80. The molecule has 0 N–H and O–H groups in total. The quantitative estimate of drug-likeness (QED) is 0.793. The Balaban J connectivity index is 1.57. The van der Waals surface area contributed by atoms with Crippen LogP contribution in [0.1, 0.15) is 4.88 Å². The molecule has 2 aromatic rings. The molecule has 0 saturated carbocycles. The van der Waals surface area contributed by atoms with Crippen molar-refractivity contribution in [2.75, 3.05) is 17.4 Å². The van der Waals surface area contributed by atoms with E-state index in [9.17, 15) is 4.79 Å². The maximum absolute atomic E-state index is 12.6. The van der Waals surface area contributed by atoms with Crippen LogP contribution in [0, 0.1) is 0 Å². The molecule has 2 aliphatic heterocycles. The minimum Gasteiger partial charge on any atom is -0.343 e. The van der Waals surface area contributed by atoms with Crippen molar-refractivity contribution in [1.29, 1.82) is 0 Å². The van der Waals surface area contributed by atoms with Gasteiger partial charge in [0.1, 0.15) is 12.4 Å². The lowest BCUT2D eigenvalue weighted by atomic mass is 10.3. The van der Waals surface area contributed by atoms with Gasteiger partial charge in [-0.3, -0.25) is 9.69 Å². The zero-order valence-electron chi connectivity index (χ0n) is 11.7. The standard InChI is InChI=1S/C16H13N3OS2/c20-15-14(9-13-7-4-8-21-13)17-16-19(15)10-18(11-22-16)12-5-2-1-3-6-12/h1-9H,10-11H2/b14-9-. The fourth-order valence-electron chi connectivity index (χ4n) is 2.42. The number of carbonyl (C=O) groups excluding carboxylic acids is 1. The number of hydrogen-bond donors (Lipinski definition) is 0. The third-order valence-corrected chi connectivity index (χ3v) is 5.35. The number of thiophene rings is 1. The number of benzene rings is 1. The second-order valence-corrected chi connectivity index (χ2v) is 6.85. The summed E-state index contributed by atoms with van der Waals surface area (Å²) in [6.45, 7) is 0.552. The number of para-hydroxylation sites is 1. The Bertz CT molecular complexity index is 753. The van der Waals surface area contributed by atoms with Gasteiger partial charge < -0.3 is 4.90 Å². The predicted molar refractivity (Wildman–Crippen MR) is 92.8 cm³/mol. The van der Waals surface area contributed by atoms with Crippen molar-refractivity contribution < 1.29 is 4.79 Å². The molecule has 1 amide bonds. The number of carbonyl (C=O) groups is 1. The third-order valence-electron chi connectivity index (χ3n) is 3.52. The summed E-state index contributed by atoms with van der Waals surface area (Å²) >= 11 is 3.21. The van der Waals surface area contributed by atoms with Crippen LogP contribution in [0.4, 0.5) is 5.69 Å². The lowest BCUT2D eigenvalue weighted by Crippen LogP contribution is -2.46. The maximum atomic E-state index is 12.6. The molecule has 110 valence electrons. The SMILES string of the molecule is O=C1/C(=C/c2cccs2)N=C2SCN(c3ccccc3)CN12. The molecule has 22 heavy (non-hydrogen) atoms. The highest BCUT2D eigenvalue weighted by Gasteiger charge is 2.35. The highest BCUT2D eigenvalue weighted by molar-refractivity contribution is 8.14. The minimum absolute atomic E-state index is 0.0171. The van der Waals surface area contributed by atoms with Gasteiger partial charge in [0.25, 0.3) is 5.91 Å². The van der Waals surface area contributed by atoms with Crippen LogP contribution in [0.3, 0.4) is 0 Å². The predicted octanol–water partition coefficient (Wildman–Crippen LogP) is 3.46. The molecule has 1 saturated heterocycles. The Morgan fingerprint density at radius 1 is 1.14 bits per heavy atom. The second kappa shape index (κ2) is 5.62. The molecule has 0 radical (unpaired) electrons. The summed E-state index contributed by atoms with van der Waals surface area (Å²) in [5.41, 5.74) is 1.65. The Morgan fingerprint density at radius 2 is 2.00 bits per heavy atom. The average Bonchev–Trinajstić information content (AvgIpc) is 3.17. The molecular weight excluding hydrogens is 314 g/mol. The smallest absolute Gasteiger partial charge is 0.280 e. The molecule has 3 heterocycles. The van der Waals surface area contributed by atoms with Crippen LogP contribution in [0.15, 0.2) is 58.5 Å². The first-order valence-electron chi connectivity index (χ1n) is 6.90. The number of thioether (sulfide) groups is 1. The maximum Gasteiger partial charge on any atom is 0.280 e. The van der Waals surface area contributed by atoms with E-state index in [1.165, 1.54) is 0 Å². The molecule has 0 unspecified atom stereocenters. The van der Waals surface area contributed by atoms with Crippen LogP contribution < -0.4 is 4.90 Å². The molecule has 0 atom stereocenters. The Kier molecular flexibility index (Phi) is 3.48. The first-order chi connectivity index (χ1) is 10.8. The number of amidine groups is 1. The summed E-state index contributed by atoms with van der Waals surface area (Å²) < 4.78 is 0. The highest BCUT2D eigenvalue weighted by atomic mass is 32.2. The lowest BCUT2D eigenvalue weighted by molar-refractivity contribution is -0.122. The van der Waals surface area contributed by atoms with E-state index in [2.05, 4.69) is 22.0 Å². The second-order valence-electron chi connectivity index (χ2n) is 4.96. The normalized spacial score (nSPS) is 19.5. The molecule has 4 rings (SSSR count). The van der Waals surface area contributed by atoms with Gasteiger partial charge in [0.15, 0.2) is 5.17 Å². The number of amides is 1. The van der Waals surface area contributed by atoms with Gasteiger partial charge in [0, 0.05) is 10.6 Å². The largest absolute Gasteiger partial charge is 0.343 e. The Hall–Kier alpha value is -2.05. The average molecular weight is 327 g/mol. The zero-order valence-corrected chi connectivity index (χ0v) is 13.3. The first-order valence-corrected chi connectivity index (χ1v) is 8.76. The van der Waals surface area contributed by atoms with Crippen molar-refractivity contribution in [2.45, 2.75) is 0 Å². The molecule has 0 spiro atoms. The van der Waals surface area contributed by atoms with Crippen molar-refractivity contribution in [1.82, 2.24) is 4.90 Å². The van der Waals surface area contributed by atoms with Crippen molar-refractivity contribution in [2.24, 2.45) is 4.99 Å². The fraction of sp³-hybridized carbons (Fsp3) is 0.125. The molecular formula is C16H13N3OS2. The molecule has 1 fully saturated rings. The van der Waals surface area contributed by atoms with Crippen molar-refractivity contribution >= 4 is 45.9 Å². The number of anilines is 1. The molecule has 2 aliphatic rings. The third kappa shape index (κ3) is 2.44. The van der Waals surface area contributed by atoms with Crippen LogP contribution in [0.2, 0.25) is 0 Å². The molecule has 0 aliphatic carbocycles. The number of rotatable bonds is 2. The molecule has 4 nitrogen and oxygen atoms in total. The summed E-state index contributed by atoms with van der Waals surface area (Å²) in [5.74, 6) is 0.787. The monoisotopic (exact) mass is 327 g/mol. The van der Waals surface area contributed by atoms with E-state index in [1.54, 1.807) is 28.0 Å². The molecule has 0 bridgehead atoms. The Labute approximate surface area is 136 Å². The number of aliphatic imine (C=N–C) groups is 1. The zero-order chi connectivity index (χ0) is 14.9. The van der Waals surface area contributed by atoms with Crippen LogP contribution in [-0.4, -0.2) is 28.5 Å². The van der Waals surface area contributed by atoms with Gasteiger partial charge in [-0.05, 0) is 29.7 Å². The summed E-state index contributed by atoms with van der Waals surface area (Å²) in [6, 6.07) is 14.1. The molecule has 1 aromatic carbocycles. The van der Waals surface area contributed by atoms with Gasteiger partial charge in [-0.2, -0.15) is 0 Å². The van der Waals surface area contributed by atoms with Crippen LogP contribution in [0.5, 0.6) is 0 Å². The Morgan fingerprint density at radius 3 is 2.77 bits per heavy atom. The highest BCUT2D eigenvalue weighted by Crippen LogP contribution is 2.31. The van der Waals surface area contributed by atoms with Gasteiger partial charge in [0.2, 0.25) is 0 Å². The summed E-state index contributed by atoms with van der Waals surface area (Å²) in [6.07, 6.45) is 1.87. The van der Waals surface area contributed by atoms with E-state index in [0.29, 0.717) is 12.4 Å². The van der Waals surface area contributed by atoms with E-state index < -0.39 is 0 Å². The van der Waals surface area contributed by atoms with Crippen molar-refractivity contribution in [3.63, 3.8) is 0 Å². The van der Waals surface area contributed by atoms with E-state index in [1.807, 2.05) is 41.8 Å².